The normalized spacial score (nSPS) is 14.2. The highest BCUT2D eigenvalue weighted by atomic mass is 35.5. The fourth-order valence-corrected chi connectivity index (χ4v) is 3.36. The predicted molar refractivity (Wildman–Crippen MR) is 105 cm³/mol. The van der Waals surface area contributed by atoms with Crippen molar-refractivity contribution in [1.82, 2.24) is 14.8 Å². The number of pyridine rings is 1. The molecule has 0 spiro atoms. The van der Waals surface area contributed by atoms with E-state index in [2.05, 4.69) is 24.9 Å². The van der Waals surface area contributed by atoms with Crippen LogP contribution in [0.2, 0.25) is 5.02 Å². The first-order chi connectivity index (χ1) is 15.8. The number of fused-ring (bicyclic) bond motifs is 1. The molecule has 9 nitrogen and oxygen atoms in total. The highest BCUT2D eigenvalue weighted by molar-refractivity contribution is 6.32. The van der Waals surface area contributed by atoms with Crippen LogP contribution in [0.4, 0.5) is 27.6 Å². The zero-order chi connectivity index (χ0) is 25.0. The molecule has 34 heavy (non-hydrogen) atoms. The lowest BCUT2D eigenvalue weighted by atomic mass is 10.0. The van der Waals surface area contributed by atoms with Gasteiger partial charge in [-0.05, 0) is 30.7 Å². The van der Waals surface area contributed by atoms with Crippen LogP contribution in [0, 0.1) is 6.92 Å². The third-order valence-electron chi connectivity index (χ3n) is 4.55. The van der Waals surface area contributed by atoms with E-state index in [-0.39, 0.29) is 22.1 Å². The van der Waals surface area contributed by atoms with Crippen LogP contribution in [-0.2, 0) is 6.18 Å². The zero-order valence-corrected chi connectivity index (χ0v) is 17.5. The van der Waals surface area contributed by atoms with Crippen molar-refractivity contribution >= 4 is 29.1 Å². The number of nitrogens with two attached hydrogens (primary N) is 1. The molecule has 1 aliphatic heterocycles. The van der Waals surface area contributed by atoms with Crippen LogP contribution < -0.4 is 20.5 Å². The topological polar surface area (TPSA) is 121 Å². The first kappa shape index (κ1) is 23.2. The Morgan fingerprint density at radius 2 is 1.94 bits per heavy atom. The van der Waals surface area contributed by atoms with Crippen molar-refractivity contribution in [3.8, 4) is 17.3 Å². The first-order valence-corrected chi connectivity index (χ1v) is 9.49. The Balaban J connectivity index is 1.83. The Labute approximate surface area is 191 Å². The standard InChI is InChI=1S/C19H11ClF5N5O4/c1-7-5-10-14(34-19(24,25)33-10)12(15(26)31)13(7)28-17(32)9-6-11(18(21,22)23)29-30(9)16-8(20)3-2-4-27-16/h2-6H,1H3,(H2,26,31)(H,28,32). The molecule has 3 aromatic rings. The van der Waals surface area contributed by atoms with Gasteiger partial charge in [-0.3, -0.25) is 9.59 Å². The van der Waals surface area contributed by atoms with Crippen LogP contribution in [-0.4, -0.2) is 32.9 Å². The second-order valence-corrected chi connectivity index (χ2v) is 7.30. The summed E-state index contributed by atoms with van der Waals surface area (Å²) >= 11 is 6.00. The molecule has 2 aromatic heterocycles. The number of aromatic nitrogens is 3. The summed E-state index contributed by atoms with van der Waals surface area (Å²) in [5, 5.41) is 5.47. The van der Waals surface area contributed by atoms with Gasteiger partial charge in [0.25, 0.3) is 11.8 Å². The molecule has 0 saturated heterocycles. The van der Waals surface area contributed by atoms with Crippen molar-refractivity contribution in [3.05, 3.63) is 58.0 Å². The maximum atomic E-state index is 13.5. The molecular weight excluding hydrogens is 493 g/mol. The van der Waals surface area contributed by atoms with Crippen LogP contribution in [0.25, 0.3) is 5.82 Å². The van der Waals surface area contributed by atoms with Crippen molar-refractivity contribution < 1.29 is 41.0 Å². The van der Waals surface area contributed by atoms with Gasteiger partial charge in [0.1, 0.15) is 11.3 Å². The quantitative estimate of drug-likeness (QED) is 0.521. The Kier molecular flexibility index (Phi) is 5.35. The number of nitrogens with one attached hydrogen (secondary N) is 1. The summed E-state index contributed by atoms with van der Waals surface area (Å²) in [6.45, 7) is 1.32. The summed E-state index contributed by atoms with van der Waals surface area (Å²) in [7, 11) is 0. The number of hydrogen-bond acceptors (Lipinski definition) is 6. The molecule has 0 radical (unpaired) electrons. The van der Waals surface area contributed by atoms with Crippen molar-refractivity contribution in [1.29, 1.82) is 0 Å². The number of amides is 2. The fraction of sp³-hybridized carbons (Fsp3) is 0.158. The molecule has 1 aromatic carbocycles. The minimum absolute atomic E-state index is 0.0279. The van der Waals surface area contributed by atoms with E-state index in [0.717, 1.165) is 6.07 Å². The molecule has 2 amide bonds. The van der Waals surface area contributed by atoms with Gasteiger partial charge in [0.05, 0.1) is 10.7 Å². The lowest BCUT2D eigenvalue weighted by molar-refractivity contribution is -0.286. The minimum Gasteiger partial charge on any atom is -0.395 e. The molecule has 1 aliphatic rings. The number of halogens is 6. The van der Waals surface area contributed by atoms with Crippen molar-refractivity contribution in [2.24, 2.45) is 5.73 Å². The van der Waals surface area contributed by atoms with Gasteiger partial charge in [-0.1, -0.05) is 11.6 Å². The number of ether oxygens (including phenoxy) is 2. The van der Waals surface area contributed by atoms with E-state index in [4.69, 9.17) is 17.3 Å². The summed E-state index contributed by atoms with van der Waals surface area (Å²) in [6.07, 6.45) is -7.82. The number of alkyl halides is 5. The lowest BCUT2D eigenvalue weighted by Crippen LogP contribution is -2.26. The maximum Gasteiger partial charge on any atom is 0.586 e. The van der Waals surface area contributed by atoms with E-state index in [1.807, 2.05) is 0 Å². The van der Waals surface area contributed by atoms with Crippen molar-refractivity contribution in [3.63, 3.8) is 0 Å². The average molecular weight is 504 g/mol. The van der Waals surface area contributed by atoms with E-state index < -0.39 is 52.7 Å². The molecule has 0 aliphatic carbocycles. The highest BCUT2D eigenvalue weighted by Crippen LogP contribution is 2.47. The van der Waals surface area contributed by atoms with Gasteiger partial charge in [0.15, 0.2) is 23.0 Å². The second kappa shape index (κ2) is 7.83. The van der Waals surface area contributed by atoms with Gasteiger partial charge < -0.3 is 20.5 Å². The molecule has 0 bridgehead atoms. The molecule has 178 valence electrons. The van der Waals surface area contributed by atoms with E-state index in [0.29, 0.717) is 10.7 Å². The smallest absolute Gasteiger partial charge is 0.395 e. The summed E-state index contributed by atoms with van der Waals surface area (Å²) in [6, 6.07) is 4.19. The van der Waals surface area contributed by atoms with Gasteiger partial charge in [-0.25, -0.2) is 9.67 Å². The van der Waals surface area contributed by atoms with Crippen LogP contribution in [0.5, 0.6) is 11.5 Å². The Hall–Kier alpha value is -3.94. The van der Waals surface area contributed by atoms with E-state index in [1.165, 1.54) is 25.3 Å². The van der Waals surface area contributed by atoms with Crippen LogP contribution in [0.3, 0.4) is 0 Å². The summed E-state index contributed by atoms with van der Waals surface area (Å²) in [4.78, 5) is 28.9. The summed E-state index contributed by atoms with van der Waals surface area (Å²) in [5.41, 5.74) is 2.16. The SMILES string of the molecule is Cc1cc2c(c(C(N)=O)c1NC(=O)c1cc(C(F)(F)F)nn1-c1ncccc1Cl)OC(F)(F)O2. The van der Waals surface area contributed by atoms with E-state index in [1.54, 1.807) is 0 Å². The summed E-state index contributed by atoms with van der Waals surface area (Å²) < 4.78 is 76.2. The molecule has 3 N–H and O–H groups in total. The minimum atomic E-state index is -4.93. The number of hydrogen-bond donors (Lipinski definition) is 2. The van der Waals surface area contributed by atoms with Crippen LogP contribution in [0.15, 0.2) is 30.5 Å². The largest absolute Gasteiger partial charge is 0.586 e. The highest BCUT2D eigenvalue weighted by Gasteiger charge is 2.46. The molecule has 15 heteroatoms. The van der Waals surface area contributed by atoms with Crippen LogP contribution >= 0.6 is 11.6 Å². The fourth-order valence-electron chi connectivity index (χ4n) is 3.16. The maximum absolute atomic E-state index is 13.5. The molecule has 0 fully saturated rings. The number of anilines is 1. The molecule has 0 atom stereocenters. The number of primary amides is 1. The Morgan fingerprint density at radius 3 is 2.56 bits per heavy atom. The second-order valence-electron chi connectivity index (χ2n) is 6.89. The zero-order valence-electron chi connectivity index (χ0n) is 16.7. The molecular formula is C19H11ClF5N5O4. The van der Waals surface area contributed by atoms with E-state index >= 15 is 0 Å². The average Bonchev–Trinajstić information content (AvgIpc) is 3.28. The first-order valence-electron chi connectivity index (χ1n) is 9.11. The predicted octanol–water partition coefficient (Wildman–Crippen LogP) is 3.92. The number of benzene rings is 1. The molecule has 4 rings (SSSR count). The van der Waals surface area contributed by atoms with Gasteiger partial charge >= 0.3 is 12.5 Å². The number of carbonyl (C=O) groups excluding carboxylic acids is 2. The third-order valence-corrected chi connectivity index (χ3v) is 4.84. The number of carbonyl (C=O) groups is 2. The molecule has 3 heterocycles. The van der Waals surface area contributed by atoms with Crippen molar-refractivity contribution in [2.75, 3.05) is 5.32 Å². The number of nitrogens with zero attached hydrogens (tertiary/aromatic N) is 3. The Bertz CT molecular complexity index is 1340. The Morgan fingerprint density at radius 1 is 1.24 bits per heavy atom. The van der Waals surface area contributed by atoms with Gasteiger partial charge in [-0.2, -0.15) is 18.3 Å². The third kappa shape index (κ3) is 4.07. The van der Waals surface area contributed by atoms with E-state index in [9.17, 15) is 31.5 Å². The number of aryl methyl sites for hydroxylation is 1. The monoisotopic (exact) mass is 503 g/mol. The molecule has 0 unspecified atom stereocenters. The van der Waals surface area contributed by atoms with Gasteiger partial charge in [0.2, 0.25) is 0 Å². The van der Waals surface area contributed by atoms with Gasteiger partial charge in [-0.15, -0.1) is 8.78 Å². The van der Waals surface area contributed by atoms with Crippen molar-refractivity contribution in [2.45, 2.75) is 19.4 Å². The lowest BCUT2D eigenvalue weighted by Gasteiger charge is -2.14. The van der Waals surface area contributed by atoms with Gasteiger partial charge in [0, 0.05) is 12.3 Å². The molecule has 0 saturated carbocycles. The summed E-state index contributed by atoms with van der Waals surface area (Å²) in [5.74, 6) is -4.02. The number of rotatable bonds is 4. The van der Waals surface area contributed by atoms with Crippen LogP contribution in [0.1, 0.15) is 32.1 Å².